The zero-order chi connectivity index (χ0) is 14.3. The Balaban J connectivity index is 2.24. The molecule has 0 radical (unpaired) electrons. The first-order valence-electron chi connectivity index (χ1n) is 5.71. The van der Waals surface area contributed by atoms with Gasteiger partial charge in [0, 0.05) is 15.5 Å². The maximum atomic E-state index is 12.7. The molecule has 0 aliphatic carbocycles. The molecule has 2 rings (SSSR count). The second-order valence-corrected chi connectivity index (χ2v) is 9.83. The predicted molar refractivity (Wildman–Crippen MR) is 81.4 cm³/mol. The van der Waals surface area contributed by atoms with Gasteiger partial charge >= 0.3 is 7.60 Å². The number of hydrogen-bond acceptors (Lipinski definition) is 3. The zero-order valence-corrected chi connectivity index (χ0v) is 14.5. The lowest BCUT2D eigenvalue weighted by molar-refractivity contribution is 0.0407. The molecule has 0 aromatic heterocycles. The summed E-state index contributed by atoms with van der Waals surface area (Å²) in [5.74, 6) is 0. The molecule has 1 aliphatic heterocycles. The average molecular weight is 388 g/mol. The van der Waals surface area contributed by atoms with Crippen molar-refractivity contribution in [3.05, 3.63) is 33.8 Å². The highest BCUT2D eigenvalue weighted by Gasteiger charge is 2.43. The molecule has 1 aromatic rings. The smallest absolute Gasteiger partial charge is 0.307 e. The van der Waals surface area contributed by atoms with Crippen LogP contribution in [0.2, 0.25) is 10.0 Å². The second-order valence-electron chi connectivity index (χ2n) is 5.25. The summed E-state index contributed by atoms with van der Waals surface area (Å²) in [5, 5.41) is 0.958. The van der Waals surface area contributed by atoms with E-state index >= 15 is 0 Å². The molecule has 1 unspecified atom stereocenters. The van der Waals surface area contributed by atoms with Gasteiger partial charge in [-0.15, -0.1) is 0 Å². The Morgan fingerprint density at radius 3 is 2.42 bits per heavy atom. The van der Waals surface area contributed by atoms with Crippen LogP contribution in [0.15, 0.2) is 18.2 Å². The minimum Gasteiger partial charge on any atom is -0.307 e. The molecule has 0 saturated carbocycles. The lowest BCUT2D eigenvalue weighted by atomic mass is 9.97. The fourth-order valence-electron chi connectivity index (χ4n) is 1.60. The lowest BCUT2D eigenvalue weighted by Gasteiger charge is -2.36. The van der Waals surface area contributed by atoms with E-state index in [0.29, 0.717) is 28.8 Å². The van der Waals surface area contributed by atoms with Gasteiger partial charge in [-0.25, -0.2) is 0 Å². The van der Waals surface area contributed by atoms with Gasteiger partial charge in [0.25, 0.3) is 0 Å². The van der Waals surface area contributed by atoms with Crippen molar-refractivity contribution in [1.82, 2.24) is 0 Å². The molecule has 1 aliphatic rings. The van der Waals surface area contributed by atoms with E-state index in [1.54, 1.807) is 18.2 Å². The van der Waals surface area contributed by atoms with Gasteiger partial charge in [-0.05, 0) is 17.7 Å². The fraction of sp³-hybridized carbons (Fsp3) is 0.500. The summed E-state index contributed by atoms with van der Waals surface area (Å²) in [5.41, 5.74) is 0.513. The third kappa shape index (κ3) is 3.55. The maximum absolute atomic E-state index is 12.7. The molecule has 0 spiro atoms. The Bertz CT molecular complexity index is 522. The highest BCUT2D eigenvalue weighted by Crippen LogP contribution is 2.67. The first-order valence-corrected chi connectivity index (χ1v) is 9.00. The molecule has 0 bridgehead atoms. The molecule has 1 atom stereocenters. The summed E-state index contributed by atoms with van der Waals surface area (Å²) in [7, 11) is -3.26. The number of halogens is 3. The monoisotopic (exact) mass is 386 g/mol. The molecule has 0 amide bonds. The second kappa shape index (κ2) is 5.67. The van der Waals surface area contributed by atoms with Crippen molar-refractivity contribution < 1.29 is 13.6 Å². The van der Waals surface area contributed by atoms with Gasteiger partial charge in [0.1, 0.15) is 4.57 Å². The van der Waals surface area contributed by atoms with E-state index in [2.05, 4.69) is 15.9 Å². The Hall–Kier alpha value is 0.430. The Labute approximate surface area is 131 Å². The number of hydrogen-bond donors (Lipinski definition) is 0. The van der Waals surface area contributed by atoms with E-state index in [1.165, 1.54) is 0 Å². The molecule has 19 heavy (non-hydrogen) atoms. The van der Waals surface area contributed by atoms with Crippen LogP contribution in [-0.4, -0.2) is 13.2 Å². The summed E-state index contributed by atoms with van der Waals surface area (Å²) in [6.45, 7) is 4.76. The number of alkyl halides is 1. The highest BCUT2D eigenvalue weighted by atomic mass is 79.9. The van der Waals surface area contributed by atoms with Crippen molar-refractivity contribution in [3.63, 3.8) is 0 Å². The molecular weight excluding hydrogens is 374 g/mol. The molecule has 1 saturated heterocycles. The number of rotatable bonds is 2. The van der Waals surface area contributed by atoms with Gasteiger partial charge in [0.05, 0.1) is 13.2 Å². The van der Waals surface area contributed by atoms with Crippen LogP contribution >= 0.6 is 46.7 Å². The van der Waals surface area contributed by atoms with E-state index < -0.39 is 12.2 Å². The predicted octanol–water partition coefficient (Wildman–Crippen LogP) is 5.65. The van der Waals surface area contributed by atoms with Gasteiger partial charge in [0.2, 0.25) is 0 Å². The van der Waals surface area contributed by atoms with E-state index in [0.717, 1.165) is 0 Å². The van der Waals surface area contributed by atoms with Gasteiger partial charge in [-0.3, -0.25) is 4.57 Å². The van der Waals surface area contributed by atoms with Crippen LogP contribution in [0, 0.1) is 5.41 Å². The van der Waals surface area contributed by atoms with Crippen molar-refractivity contribution in [3.8, 4) is 0 Å². The largest absolute Gasteiger partial charge is 0.348 e. The third-order valence-electron chi connectivity index (χ3n) is 2.77. The summed E-state index contributed by atoms with van der Waals surface area (Å²) in [4.78, 5) is 0. The van der Waals surface area contributed by atoms with Crippen molar-refractivity contribution in [2.24, 2.45) is 5.41 Å². The summed E-state index contributed by atoms with van der Waals surface area (Å²) >= 11 is 15.3. The molecule has 1 aromatic carbocycles. The lowest BCUT2D eigenvalue weighted by Crippen LogP contribution is -2.30. The fourth-order valence-corrected chi connectivity index (χ4v) is 5.40. The average Bonchev–Trinajstić information content (AvgIpc) is 2.33. The SMILES string of the molecule is CC1(C)COP(=O)(C(Br)c2ccc(Cl)cc2Cl)OC1. The van der Waals surface area contributed by atoms with E-state index in [4.69, 9.17) is 32.2 Å². The van der Waals surface area contributed by atoms with E-state index in [1.807, 2.05) is 13.8 Å². The van der Waals surface area contributed by atoms with E-state index in [9.17, 15) is 4.57 Å². The molecular formula is C12H14BrCl2O3P. The van der Waals surface area contributed by atoms with Crippen LogP contribution in [0.1, 0.15) is 24.0 Å². The normalized spacial score (nSPS) is 23.0. The minimum absolute atomic E-state index is 0.135. The Morgan fingerprint density at radius 2 is 1.89 bits per heavy atom. The minimum atomic E-state index is -3.26. The van der Waals surface area contributed by atoms with Gasteiger partial charge in [0.15, 0.2) is 0 Å². The Morgan fingerprint density at radius 1 is 1.32 bits per heavy atom. The summed E-state index contributed by atoms with van der Waals surface area (Å²) < 4.78 is 23.0. The van der Waals surface area contributed by atoms with Crippen LogP contribution in [0.25, 0.3) is 0 Å². The number of benzene rings is 1. The van der Waals surface area contributed by atoms with Crippen molar-refractivity contribution in [2.75, 3.05) is 13.2 Å². The topological polar surface area (TPSA) is 35.5 Å². The summed E-state index contributed by atoms with van der Waals surface area (Å²) in [6, 6.07) is 5.01. The van der Waals surface area contributed by atoms with Gasteiger partial charge in [-0.1, -0.05) is 59.0 Å². The van der Waals surface area contributed by atoms with Crippen molar-refractivity contribution in [2.45, 2.75) is 18.4 Å². The molecule has 3 nitrogen and oxygen atoms in total. The van der Waals surface area contributed by atoms with Gasteiger partial charge in [-0.2, -0.15) is 0 Å². The molecule has 0 N–H and O–H groups in total. The summed E-state index contributed by atoms with van der Waals surface area (Å²) in [6.07, 6.45) is 0. The zero-order valence-electron chi connectivity index (χ0n) is 10.5. The molecule has 7 heteroatoms. The van der Waals surface area contributed by atoms with Crippen molar-refractivity contribution >= 4 is 46.7 Å². The third-order valence-corrected chi connectivity index (χ3v) is 7.14. The van der Waals surface area contributed by atoms with E-state index in [-0.39, 0.29) is 5.41 Å². The van der Waals surface area contributed by atoms with Crippen LogP contribution in [0.3, 0.4) is 0 Å². The first-order chi connectivity index (χ1) is 8.73. The van der Waals surface area contributed by atoms with Crippen molar-refractivity contribution in [1.29, 1.82) is 0 Å². The van der Waals surface area contributed by atoms with Crippen LogP contribution < -0.4 is 0 Å². The molecule has 106 valence electrons. The Kier molecular flexibility index (Phi) is 4.72. The first kappa shape index (κ1) is 15.8. The molecule has 1 fully saturated rings. The highest BCUT2D eigenvalue weighted by molar-refractivity contribution is 9.10. The standard InChI is InChI=1S/C12H14BrCl2O3P/c1-12(2)6-17-19(16,18-7-12)11(13)9-4-3-8(14)5-10(9)15/h3-5,11H,6-7H2,1-2H3. The molecule has 1 heterocycles. The van der Waals surface area contributed by atoms with Crippen LogP contribution in [0.5, 0.6) is 0 Å². The quantitative estimate of drug-likeness (QED) is 0.485. The maximum Gasteiger partial charge on any atom is 0.348 e. The van der Waals surface area contributed by atoms with Crippen LogP contribution in [0.4, 0.5) is 0 Å². The van der Waals surface area contributed by atoms with Crippen LogP contribution in [-0.2, 0) is 13.6 Å². The van der Waals surface area contributed by atoms with Gasteiger partial charge < -0.3 is 9.05 Å².